The van der Waals surface area contributed by atoms with Gasteiger partial charge in [-0.2, -0.15) is 5.10 Å². The largest absolute Gasteiger partial charge is 0.384 e. The summed E-state index contributed by atoms with van der Waals surface area (Å²) in [5, 5.41) is 12.7. The van der Waals surface area contributed by atoms with Gasteiger partial charge in [0.05, 0.1) is 11.9 Å². The number of hydrogen-bond donors (Lipinski definition) is 3. The van der Waals surface area contributed by atoms with Crippen LogP contribution in [0.4, 0.5) is 5.69 Å². The Kier molecular flexibility index (Phi) is 5.57. The molecule has 0 saturated heterocycles. The van der Waals surface area contributed by atoms with E-state index in [-0.39, 0.29) is 5.91 Å². The third-order valence-electron chi connectivity index (χ3n) is 2.86. The molecule has 0 saturated carbocycles. The van der Waals surface area contributed by atoms with Gasteiger partial charge >= 0.3 is 0 Å². The highest BCUT2D eigenvalue weighted by Crippen LogP contribution is 2.02. The lowest BCUT2D eigenvalue weighted by atomic mass is 10.2. The molecule has 3 N–H and O–H groups in total. The number of carbonyl (C=O) groups is 1. The van der Waals surface area contributed by atoms with Crippen molar-refractivity contribution in [3.8, 4) is 0 Å². The molecule has 0 unspecified atom stereocenters. The summed E-state index contributed by atoms with van der Waals surface area (Å²) >= 11 is 0. The van der Waals surface area contributed by atoms with Gasteiger partial charge in [0.1, 0.15) is 0 Å². The summed E-state index contributed by atoms with van der Waals surface area (Å²) in [4.78, 5) is 15.6. The third kappa shape index (κ3) is 5.09. The number of pyridine rings is 1. The number of H-pyrrole nitrogens is 1. The molecule has 0 aliphatic rings. The van der Waals surface area contributed by atoms with Crippen LogP contribution in [0, 0.1) is 0 Å². The predicted molar refractivity (Wildman–Crippen MR) is 77.3 cm³/mol. The lowest BCUT2D eigenvalue weighted by Crippen LogP contribution is -2.26. The van der Waals surface area contributed by atoms with Crippen LogP contribution in [0.15, 0.2) is 36.9 Å². The SMILES string of the molecule is O=C(CCc1cn[nH]c1)NCCCNc1cccnc1. The number of aromatic nitrogens is 3. The molecular weight excluding hydrogens is 254 g/mol. The number of amides is 1. The molecule has 2 heterocycles. The lowest BCUT2D eigenvalue weighted by Gasteiger charge is -2.07. The van der Waals surface area contributed by atoms with E-state index >= 15 is 0 Å². The van der Waals surface area contributed by atoms with E-state index in [1.54, 1.807) is 18.6 Å². The Bertz CT molecular complexity index is 498. The molecule has 0 radical (unpaired) electrons. The number of aromatic amines is 1. The predicted octanol–water partition coefficient (Wildman–Crippen LogP) is 1.36. The van der Waals surface area contributed by atoms with Gasteiger partial charge in [-0.15, -0.1) is 0 Å². The maximum Gasteiger partial charge on any atom is 0.220 e. The molecule has 20 heavy (non-hydrogen) atoms. The van der Waals surface area contributed by atoms with Gasteiger partial charge in [0.2, 0.25) is 5.91 Å². The van der Waals surface area contributed by atoms with Gasteiger partial charge in [-0.25, -0.2) is 0 Å². The van der Waals surface area contributed by atoms with Crippen LogP contribution in [0.1, 0.15) is 18.4 Å². The van der Waals surface area contributed by atoms with E-state index in [9.17, 15) is 4.79 Å². The summed E-state index contributed by atoms with van der Waals surface area (Å²) in [5.41, 5.74) is 2.05. The topological polar surface area (TPSA) is 82.7 Å². The van der Waals surface area contributed by atoms with Crippen molar-refractivity contribution in [2.45, 2.75) is 19.3 Å². The van der Waals surface area contributed by atoms with Crippen molar-refractivity contribution in [1.82, 2.24) is 20.5 Å². The van der Waals surface area contributed by atoms with E-state index in [1.165, 1.54) is 0 Å². The van der Waals surface area contributed by atoms with Gasteiger partial charge in [0.25, 0.3) is 0 Å². The van der Waals surface area contributed by atoms with Crippen LogP contribution >= 0.6 is 0 Å². The van der Waals surface area contributed by atoms with Gasteiger partial charge in [0.15, 0.2) is 0 Å². The Morgan fingerprint density at radius 3 is 3.00 bits per heavy atom. The summed E-state index contributed by atoms with van der Waals surface area (Å²) < 4.78 is 0. The molecule has 2 rings (SSSR count). The molecule has 2 aromatic heterocycles. The van der Waals surface area contributed by atoms with Crippen LogP contribution in [0.5, 0.6) is 0 Å². The Hall–Kier alpha value is -2.37. The second-order valence-electron chi connectivity index (χ2n) is 4.48. The fourth-order valence-electron chi connectivity index (χ4n) is 1.78. The van der Waals surface area contributed by atoms with Crippen molar-refractivity contribution in [2.75, 3.05) is 18.4 Å². The molecule has 0 aliphatic carbocycles. The summed E-state index contributed by atoms with van der Waals surface area (Å²) in [6, 6.07) is 3.86. The highest BCUT2D eigenvalue weighted by molar-refractivity contribution is 5.76. The smallest absolute Gasteiger partial charge is 0.220 e. The molecule has 0 bridgehead atoms. The van der Waals surface area contributed by atoms with E-state index in [0.29, 0.717) is 13.0 Å². The zero-order valence-electron chi connectivity index (χ0n) is 11.3. The molecule has 6 heteroatoms. The van der Waals surface area contributed by atoms with Crippen LogP contribution in [0.25, 0.3) is 0 Å². The minimum absolute atomic E-state index is 0.0765. The molecule has 106 valence electrons. The van der Waals surface area contributed by atoms with E-state index in [4.69, 9.17) is 0 Å². The quantitative estimate of drug-likeness (QED) is 0.634. The average molecular weight is 273 g/mol. The first-order valence-corrected chi connectivity index (χ1v) is 6.73. The van der Waals surface area contributed by atoms with Crippen LogP contribution in [0.2, 0.25) is 0 Å². The van der Waals surface area contributed by atoms with Crippen LogP contribution < -0.4 is 10.6 Å². The Balaban J connectivity index is 1.51. The van der Waals surface area contributed by atoms with Crippen molar-refractivity contribution in [2.24, 2.45) is 0 Å². The summed E-state index contributed by atoms with van der Waals surface area (Å²) in [6.07, 6.45) is 9.17. The first kappa shape index (κ1) is 14.0. The van der Waals surface area contributed by atoms with Gasteiger partial charge in [-0.1, -0.05) is 0 Å². The van der Waals surface area contributed by atoms with Crippen molar-refractivity contribution >= 4 is 11.6 Å². The number of carbonyl (C=O) groups excluding carboxylic acids is 1. The van der Waals surface area contributed by atoms with E-state index in [0.717, 1.165) is 30.6 Å². The zero-order valence-corrected chi connectivity index (χ0v) is 11.3. The lowest BCUT2D eigenvalue weighted by molar-refractivity contribution is -0.121. The normalized spacial score (nSPS) is 10.2. The fraction of sp³-hybridized carbons (Fsp3) is 0.357. The maximum absolute atomic E-state index is 11.6. The minimum Gasteiger partial charge on any atom is -0.384 e. The van der Waals surface area contributed by atoms with Gasteiger partial charge in [-0.05, 0) is 30.5 Å². The molecule has 2 aromatic rings. The highest BCUT2D eigenvalue weighted by Gasteiger charge is 2.02. The second-order valence-corrected chi connectivity index (χ2v) is 4.48. The van der Waals surface area contributed by atoms with Gasteiger partial charge in [0, 0.05) is 38.1 Å². The number of nitrogens with zero attached hydrogens (tertiary/aromatic N) is 2. The minimum atomic E-state index is 0.0765. The molecule has 0 aromatic carbocycles. The third-order valence-corrected chi connectivity index (χ3v) is 2.86. The highest BCUT2D eigenvalue weighted by atomic mass is 16.1. The molecule has 0 atom stereocenters. The number of rotatable bonds is 8. The number of anilines is 1. The molecule has 0 spiro atoms. The zero-order chi connectivity index (χ0) is 14.0. The number of aryl methyl sites for hydroxylation is 1. The first-order valence-electron chi connectivity index (χ1n) is 6.73. The summed E-state index contributed by atoms with van der Waals surface area (Å²) in [7, 11) is 0. The maximum atomic E-state index is 11.6. The van der Waals surface area contributed by atoms with Gasteiger partial charge in [-0.3, -0.25) is 14.9 Å². The average Bonchev–Trinajstić information content (AvgIpc) is 2.99. The Labute approximate surface area is 118 Å². The van der Waals surface area contributed by atoms with E-state index in [1.807, 2.05) is 18.3 Å². The molecular formula is C14H19N5O. The van der Waals surface area contributed by atoms with E-state index < -0.39 is 0 Å². The van der Waals surface area contributed by atoms with Gasteiger partial charge < -0.3 is 10.6 Å². The molecule has 0 aliphatic heterocycles. The number of nitrogens with one attached hydrogen (secondary N) is 3. The van der Waals surface area contributed by atoms with Crippen molar-refractivity contribution in [1.29, 1.82) is 0 Å². The van der Waals surface area contributed by atoms with E-state index in [2.05, 4.69) is 25.8 Å². The van der Waals surface area contributed by atoms with Crippen molar-refractivity contribution in [3.63, 3.8) is 0 Å². The van der Waals surface area contributed by atoms with Crippen molar-refractivity contribution < 1.29 is 4.79 Å². The molecule has 1 amide bonds. The standard InChI is InChI=1S/C14H19N5O/c20-14(5-4-12-9-18-19-10-12)17-8-2-7-16-13-3-1-6-15-11-13/h1,3,6,9-11,16H,2,4-5,7-8H2,(H,17,20)(H,18,19). The second kappa shape index (κ2) is 7.93. The van der Waals surface area contributed by atoms with Crippen LogP contribution in [-0.2, 0) is 11.2 Å². The van der Waals surface area contributed by atoms with Crippen molar-refractivity contribution in [3.05, 3.63) is 42.5 Å². The Morgan fingerprint density at radius 2 is 2.25 bits per heavy atom. The molecule has 0 fully saturated rings. The Morgan fingerprint density at radius 1 is 1.30 bits per heavy atom. The number of hydrogen-bond acceptors (Lipinski definition) is 4. The monoisotopic (exact) mass is 273 g/mol. The van der Waals surface area contributed by atoms with Crippen LogP contribution in [-0.4, -0.2) is 34.2 Å². The van der Waals surface area contributed by atoms with Crippen LogP contribution in [0.3, 0.4) is 0 Å². The fourth-order valence-corrected chi connectivity index (χ4v) is 1.78. The summed E-state index contributed by atoms with van der Waals surface area (Å²) in [6.45, 7) is 1.49. The first-order chi connectivity index (χ1) is 9.84. The summed E-state index contributed by atoms with van der Waals surface area (Å²) in [5.74, 6) is 0.0765. The molecule has 6 nitrogen and oxygen atoms in total.